The number of anilines is 1. The summed E-state index contributed by atoms with van der Waals surface area (Å²) in [5, 5.41) is 8.82. The summed E-state index contributed by atoms with van der Waals surface area (Å²) in [5.74, 6) is 5.72. The lowest BCUT2D eigenvalue weighted by Gasteiger charge is -2.20. The van der Waals surface area contributed by atoms with Gasteiger partial charge in [-0.2, -0.15) is 0 Å². The highest BCUT2D eigenvalue weighted by Crippen LogP contribution is 2.18. The van der Waals surface area contributed by atoms with E-state index >= 15 is 0 Å². The number of rotatable bonds is 3. The summed E-state index contributed by atoms with van der Waals surface area (Å²) in [5.41, 5.74) is 4.58. The molecule has 0 heterocycles. The molecule has 0 aromatic heterocycles. The Bertz CT molecular complexity index is 637. The van der Waals surface area contributed by atoms with Crippen molar-refractivity contribution in [2.75, 3.05) is 18.6 Å². The zero-order valence-corrected chi connectivity index (χ0v) is 11.9. The minimum absolute atomic E-state index is 0.109. The highest BCUT2D eigenvalue weighted by Gasteiger charge is 2.05. The Morgan fingerprint density at radius 2 is 1.90 bits per heavy atom. The molecule has 2 heteroatoms. The van der Waals surface area contributed by atoms with Crippen LogP contribution in [0.4, 0.5) is 5.69 Å². The van der Waals surface area contributed by atoms with Gasteiger partial charge in [0.05, 0.1) is 0 Å². The molecule has 2 aromatic rings. The van der Waals surface area contributed by atoms with Gasteiger partial charge in [0.2, 0.25) is 0 Å². The zero-order valence-electron chi connectivity index (χ0n) is 11.9. The van der Waals surface area contributed by atoms with E-state index in [-0.39, 0.29) is 6.61 Å². The van der Waals surface area contributed by atoms with Crippen molar-refractivity contribution in [3.63, 3.8) is 0 Å². The largest absolute Gasteiger partial charge is 0.384 e. The maximum absolute atomic E-state index is 8.82. The van der Waals surface area contributed by atoms with E-state index in [4.69, 9.17) is 5.11 Å². The van der Waals surface area contributed by atoms with Crippen molar-refractivity contribution in [2.24, 2.45) is 0 Å². The van der Waals surface area contributed by atoms with Crippen molar-refractivity contribution in [3.8, 4) is 11.8 Å². The van der Waals surface area contributed by atoms with Gasteiger partial charge in [-0.15, -0.1) is 0 Å². The number of benzene rings is 2. The van der Waals surface area contributed by atoms with E-state index in [0.717, 1.165) is 17.7 Å². The molecule has 0 bridgehead atoms. The fourth-order valence-corrected chi connectivity index (χ4v) is 2.13. The SMILES string of the molecule is Cc1cccc(N(C)Cc2ccccc2C#CCO)c1. The van der Waals surface area contributed by atoms with E-state index in [1.165, 1.54) is 11.3 Å². The van der Waals surface area contributed by atoms with E-state index in [1.807, 2.05) is 18.2 Å². The maximum atomic E-state index is 8.82. The predicted molar refractivity (Wildman–Crippen MR) is 83.7 cm³/mol. The van der Waals surface area contributed by atoms with E-state index in [2.05, 4.69) is 61.0 Å². The quantitative estimate of drug-likeness (QED) is 0.862. The number of hydrogen-bond donors (Lipinski definition) is 1. The van der Waals surface area contributed by atoms with Crippen molar-refractivity contribution in [3.05, 3.63) is 65.2 Å². The first-order valence-electron chi connectivity index (χ1n) is 6.66. The average Bonchev–Trinajstić information content (AvgIpc) is 2.46. The topological polar surface area (TPSA) is 23.5 Å². The molecule has 102 valence electrons. The third-order valence-electron chi connectivity index (χ3n) is 3.17. The Morgan fingerprint density at radius 1 is 1.10 bits per heavy atom. The Kier molecular flexibility index (Phi) is 4.81. The Hall–Kier alpha value is -2.24. The predicted octanol–water partition coefficient (Wildman–Crippen LogP) is 2.98. The molecule has 2 aromatic carbocycles. The smallest absolute Gasteiger partial charge is 0.104 e. The second-order valence-electron chi connectivity index (χ2n) is 4.81. The fourth-order valence-electron chi connectivity index (χ4n) is 2.13. The molecule has 20 heavy (non-hydrogen) atoms. The summed E-state index contributed by atoms with van der Waals surface area (Å²) in [6.45, 7) is 2.78. The molecule has 0 radical (unpaired) electrons. The van der Waals surface area contributed by atoms with Gasteiger partial charge in [0, 0.05) is 24.8 Å². The highest BCUT2D eigenvalue weighted by molar-refractivity contribution is 5.50. The number of aliphatic hydroxyl groups excluding tert-OH is 1. The Labute approximate surface area is 120 Å². The molecule has 0 aliphatic rings. The van der Waals surface area contributed by atoms with Crippen molar-refractivity contribution in [1.29, 1.82) is 0 Å². The molecule has 2 rings (SSSR count). The number of aliphatic hydroxyl groups is 1. The fraction of sp³-hybridized carbons (Fsp3) is 0.222. The van der Waals surface area contributed by atoms with Crippen LogP contribution in [0.1, 0.15) is 16.7 Å². The molecule has 0 atom stereocenters. The van der Waals surface area contributed by atoms with Crippen LogP contribution in [0, 0.1) is 18.8 Å². The standard InChI is InChI=1S/C18H19NO/c1-15-7-5-11-18(13-15)19(2)14-17-9-4-3-8-16(17)10-6-12-20/h3-5,7-9,11,13,20H,12,14H2,1-2H3. The van der Waals surface area contributed by atoms with Crippen molar-refractivity contribution < 1.29 is 5.11 Å². The summed E-state index contributed by atoms with van der Waals surface area (Å²) in [4.78, 5) is 2.20. The van der Waals surface area contributed by atoms with Gasteiger partial charge in [-0.05, 0) is 36.2 Å². The van der Waals surface area contributed by atoms with Crippen LogP contribution in [-0.4, -0.2) is 18.8 Å². The summed E-state index contributed by atoms with van der Waals surface area (Å²) in [6.07, 6.45) is 0. The van der Waals surface area contributed by atoms with Crippen LogP contribution in [0.15, 0.2) is 48.5 Å². The lowest BCUT2D eigenvalue weighted by Crippen LogP contribution is -2.17. The Balaban J connectivity index is 2.21. The molecule has 0 saturated heterocycles. The molecule has 0 saturated carbocycles. The minimum atomic E-state index is -0.109. The molecule has 0 fully saturated rings. The lowest BCUT2D eigenvalue weighted by molar-refractivity contribution is 0.350. The van der Waals surface area contributed by atoms with E-state index in [1.54, 1.807) is 0 Å². The summed E-state index contributed by atoms with van der Waals surface area (Å²) < 4.78 is 0. The first kappa shape index (κ1) is 14.2. The molecule has 0 unspecified atom stereocenters. The molecule has 0 aliphatic heterocycles. The van der Waals surface area contributed by atoms with Crippen molar-refractivity contribution in [2.45, 2.75) is 13.5 Å². The first-order valence-corrected chi connectivity index (χ1v) is 6.66. The lowest BCUT2D eigenvalue weighted by atomic mass is 10.1. The normalized spacial score (nSPS) is 9.75. The number of nitrogens with zero attached hydrogens (tertiary/aromatic N) is 1. The molecule has 0 spiro atoms. The second kappa shape index (κ2) is 6.79. The van der Waals surface area contributed by atoms with Gasteiger partial charge in [0.1, 0.15) is 6.61 Å². The maximum Gasteiger partial charge on any atom is 0.104 e. The third-order valence-corrected chi connectivity index (χ3v) is 3.17. The third kappa shape index (κ3) is 3.63. The number of hydrogen-bond acceptors (Lipinski definition) is 2. The van der Waals surface area contributed by atoms with Crippen LogP contribution in [0.3, 0.4) is 0 Å². The van der Waals surface area contributed by atoms with Gasteiger partial charge in [-0.25, -0.2) is 0 Å². The van der Waals surface area contributed by atoms with Gasteiger partial charge in [0.25, 0.3) is 0 Å². The molecular weight excluding hydrogens is 246 g/mol. The molecule has 2 nitrogen and oxygen atoms in total. The zero-order chi connectivity index (χ0) is 14.4. The Morgan fingerprint density at radius 3 is 2.65 bits per heavy atom. The van der Waals surface area contributed by atoms with Gasteiger partial charge in [-0.1, -0.05) is 42.2 Å². The van der Waals surface area contributed by atoms with Gasteiger partial charge in [0.15, 0.2) is 0 Å². The molecule has 0 aliphatic carbocycles. The van der Waals surface area contributed by atoms with E-state index in [9.17, 15) is 0 Å². The van der Waals surface area contributed by atoms with Gasteiger partial charge >= 0.3 is 0 Å². The minimum Gasteiger partial charge on any atom is -0.384 e. The van der Waals surface area contributed by atoms with Crippen LogP contribution < -0.4 is 4.90 Å². The van der Waals surface area contributed by atoms with Crippen LogP contribution in [-0.2, 0) is 6.54 Å². The van der Waals surface area contributed by atoms with Crippen LogP contribution in [0.5, 0.6) is 0 Å². The van der Waals surface area contributed by atoms with Crippen LogP contribution in [0.2, 0.25) is 0 Å². The highest BCUT2D eigenvalue weighted by atomic mass is 16.2. The molecule has 1 N–H and O–H groups in total. The summed E-state index contributed by atoms with van der Waals surface area (Å²) in [7, 11) is 2.07. The van der Waals surface area contributed by atoms with Gasteiger partial charge < -0.3 is 10.0 Å². The monoisotopic (exact) mass is 265 g/mol. The summed E-state index contributed by atoms with van der Waals surface area (Å²) in [6, 6.07) is 16.5. The summed E-state index contributed by atoms with van der Waals surface area (Å²) >= 11 is 0. The van der Waals surface area contributed by atoms with Crippen LogP contribution >= 0.6 is 0 Å². The second-order valence-corrected chi connectivity index (χ2v) is 4.81. The van der Waals surface area contributed by atoms with E-state index in [0.29, 0.717) is 0 Å². The van der Waals surface area contributed by atoms with Crippen molar-refractivity contribution >= 4 is 5.69 Å². The molecule has 0 amide bonds. The number of aryl methyl sites for hydroxylation is 1. The van der Waals surface area contributed by atoms with Crippen molar-refractivity contribution in [1.82, 2.24) is 0 Å². The molecular formula is C18H19NO. The average molecular weight is 265 g/mol. The first-order chi connectivity index (χ1) is 9.70. The van der Waals surface area contributed by atoms with E-state index < -0.39 is 0 Å². The van der Waals surface area contributed by atoms with Crippen LogP contribution in [0.25, 0.3) is 0 Å². The van der Waals surface area contributed by atoms with Gasteiger partial charge in [-0.3, -0.25) is 0 Å².